The van der Waals surface area contributed by atoms with Crippen LogP contribution in [0.4, 0.5) is 0 Å². The van der Waals surface area contributed by atoms with Crippen LogP contribution in [-0.4, -0.2) is 26.6 Å². The maximum absolute atomic E-state index is 13.1. The zero-order chi connectivity index (χ0) is 24.3. The van der Waals surface area contributed by atoms with Gasteiger partial charge in [-0.2, -0.15) is 8.42 Å². The van der Waals surface area contributed by atoms with Gasteiger partial charge in [0, 0.05) is 13.3 Å². The van der Waals surface area contributed by atoms with Crippen molar-refractivity contribution in [3.63, 3.8) is 0 Å². The summed E-state index contributed by atoms with van der Waals surface area (Å²) in [6.45, 7) is 8.15. The van der Waals surface area contributed by atoms with Gasteiger partial charge >= 0.3 is 5.97 Å². The Hall–Kier alpha value is -1.66. The second kappa shape index (κ2) is 8.48. The van der Waals surface area contributed by atoms with E-state index in [1.165, 1.54) is 12.5 Å². The first kappa shape index (κ1) is 24.1. The molecule has 186 valence electrons. The molecule has 3 fully saturated rings. The minimum absolute atomic E-state index is 0.0125. The SMILES string of the molecule is CC(=O)O[C@H]1CC[C@@]2(C)C(=CC[C@H]3[C@@H]4CC[C@H](OS(=O)(=O)c5ccc(C)cc5)[C@@]4(C)CC[C@@H]32)C1. The number of hydrogen-bond acceptors (Lipinski definition) is 5. The lowest BCUT2D eigenvalue weighted by atomic mass is 9.48. The van der Waals surface area contributed by atoms with Crippen molar-refractivity contribution in [1.29, 1.82) is 0 Å². The molecule has 0 saturated heterocycles. The van der Waals surface area contributed by atoms with Gasteiger partial charge in [-0.1, -0.05) is 43.2 Å². The van der Waals surface area contributed by atoms with Gasteiger partial charge in [0.25, 0.3) is 10.1 Å². The summed E-state index contributed by atoms with van der Waals surface area (Å²) in [5, 5.41) is 0. The molecule has 0 spiro atoms. The van der Waals surface area contributed by atoms with Crippen molar-refractivity contribution in [2.75, 3.05) is 0 Å². The predicted molar refractivity (Wildman–Crippen MR) is 130 cm³/mol. The van der Waals surface area contributed by atoms with E-state index in [1.807, 2.05) is 19.1 Å². The third kappa shape index (κ3) is 3.95. The van der Waals surface area contributed by atoms with Crippen LogP contribution in [0, 0.1) is 35.5 Å². The average molecular weight is 487 g/mol. The monoisotopic (exact) mass is 486 g/mol. The highest BCUT2D eigenvalue weighted by Gasteiger charge is 2.59. The van der Waals surface area contributed by atoms with Gasteiger partial charge in [0.1, 0.15) is 6.10 Å². The average Bonchev–Trinajstić information content (AvgIpc) is 3.09. The molecule has 0 N–H and O–H groups in total. The van der Waals surface area contributed by atoms with Crippen LogP contribution in [0.3, 0.4) is 0 Å². The topological polar surface area (TPSA) is 69.7 Å². The molecule has 5 rings (SSSR count). The fraction of sp³-hybridized carbons (Fsp3) is 0.679. The summed E-state index contributed by atoms with van der Waals surface area (Å²) >= 11 is 0. The second-order valence-corrected chi connectivity index (χ2v) is 13.3. The molecule has 0 aromatic heterocycles. The van der Waals surface area contributed by atoms with Gasteiger partial charge in [0.15, 0.2) is 0 Å². The van der Waals surface area contributed by atoms with Crippen molar-refractivity contribution >= 4 is 16.1 Å². The van der Waals surface area contributed by atoms with E-state index in [1.54, 1.807) is 12.1 Å². The van der Waals surface area contributed by atoms with E-state index >= 15 is 0 Å². The number of carbonyl (C=O) groups excluding carboxylic acids is 1. The Morgan fingerprint density at radius 3 is 2.44 bits per heavy atom. The third-order valence-corrected chi connectivity index (χ3v) is 11.2. The van der Waals surface area contributed by atoms with E-state index in [-0.39, 0.29) is 33.9 Å². The second-order valence-electron chi connectivity index (χ2n) is 11.7. The molecular formula is C28H38O5S. The fourth-order valence-electron chi connectivity index (χ4n) is 7.99. The zero-order valence-electron chi connectivity index (χ0n) is 20.9. The number of ether oxygens (including phenoxy) is 1. The van der Waals surface area contributed by atoms with E-state index in [2.05, 4.69) is 19.9 Å². The first-order valence-corrected chi connectivity index (χ1v) is 14.3. The first-order valence-electron chi connectivity index (χ1n) is 12.9. The number of esters is 1. The minimum Gasteiger partial charge on any atom is -0.462 e. The Morgan fingerprint density at radius 2 is 1.74 bits per heavy atom. The Kier molecular flexibility index (Phi) is 6.00. The number of benzene rings is 1. The summed E-state index contributed by atoms with van der Waals surface area (Å²) in [6, 6.07) is 6.94. The zero-order valence-corrected chi connectivity index (χ0v) is 21.7. The highest BCUT2D eigenvalue weighted by Crippen LogP contribution is 2.65. The van der Waals surface area contributed by atoms with Crippen molar-refractivity contribution in [3.8, 4) is 0 Å². The van der Waals surface area contributed by atoms with Gasteiger partial charge in [-0.25, -0.2) is 0 Å². The molecule has 0 aliphatic heterocycles. The Bertz CT molecular complexity index is 1090. The molecule has 0 heterocycles. The van der Waals surface area contributed by atoms with E-state index in [0.717, 1.165) is 56.9 Å². The van der Waals surface area contributed by atoms with Crippen LogP contribution >= 0.6 is 0 Å². The molecule has 1 aromatic rings. The summed E-state index contributed by atoms with van der Waals surface area (Å²) in [5.41, 5.74) is 2.55. The molecule has 0 radical (unpaired) electrons. The summed E-state index contributed by atoms with van der Waals surface area (Å²) in [5.74, 6) is 1.46. The van der Waals surface area contributed by atoms with Crippen molar-refractivity contribution < 1.29 is 22.1 Å². The summed E-state index contributed by atoms with van der Waals surface area (Å²) in [6.07, 6.45) is 10.0. The number of rotatable bonds is 4. The molecule has 0 unspecified atom stereocenters. The highest BCUT2D eigenvalue weighted by molar-refractivity contribution is 7.86. The maximum Gasteiger partial charge on any atom is 0.302 e. The van der Waals surface area contributed by atoms with E-state index in [4.69, 9.17) is 8.92 Å². The van der Waals surface area contributed by atoms with Gasteiger partial charge < -0.3 is 4.74 Å². The maximum atomic E-state index is 13.1. The van der Waals surface area contributed by atoms with Crippen molar-refractivity contribution in [2.24, 2.45) is 28.6 Å². The van der Waals surface area contributed by atoms with Gasteiger partial charge in [0.2, 0.25) is 0 Å². The molecular weight excluding hydrogens is 448 g/mol. The quantitative estimate of drug-likeness (QED) is 0.298. The standard InChI is InChI=1S/C28H38O5S/c1-18-5-8-22(9-6-18)34(30,31)33-26-12-11-24-23-10-7-20-17-21(32-19(2)29)13-15-27(20,3)25(23)14-16-28(24,26)4/h5-9,21,23-26H,10-17H2,1-4H3/t21-,23-,24-,25-,26-,27-,28-/m0/s1. The van der Waals surface area contributed by atoms with E-state index in [0.29, 0.717) is 17.8 Å². The highest BCUT2D eigenvalue weighted by atomic mass is 32.2. The van der Waals surface area contributed by atoms with Crippen molar-refractivity contribution in [2.45, 2.75) is 96.2 Å². The first-order chi connectivity index (χ1) is 16.0. The van der Waals surface area contributed by atoms with Gasteiger partial charge in [-0.3, -0.25) is 8.98 Å². The van der Waals surface area contributed by atoms with Gasteiger partial charge in [0.05, 0.1) is 11.0 Å². The summed E-state index contributed by atoms with van der Waals surface area (Å²) in [4.78, 5) is 11.7. The van der Waals surface area contributed by atoms with Gasteiger partial charge in [-0.05, 0) is 92.6 Å². The molecule has 0 amide bonds. The van der Waals surface area contributed by atoms with Crippen LogP contribution in [-0.2, 0) is 23.8 Å². The number of hydrogen-bond donors (Lipinski definition) is 0. The van der Waals surface area contributed by atoms with Gasteiger partial charge in [-0.15, -0.1) is 0 Å². The number of allylic oxidation sites excluding steroid dienone is 1. The van der Waals surface area contributed by atoms with Crippen LogP contribution in [0.1, 0.15) is 77.7 Å². The fourth-order valence-corrected chi connectivity index (χ4v) is 9.19. The number of aryl methyl sites for hydroxylation is 1. The molecule has 34 heavy (non-hydrogen) atoms. The van der Waals surface area contributed by atoms with E-state index < -0.39 is 10.1 Å². The van der Waals surface area contributed by atoms with Crippen molar-refractivity contribution in [3.05, 3.63) is 41.5 Å². The Labute approximate surface area is 204 Å². The molecule has 4 aliphatic carbocycles. The minimum atomic E-state index is -3.78. The normalized spacial score (nSPS) is 39.4. The molecule has 1 aromatic carbocycles. The van der Waals surface area contributed by atoms with Crippen LogP contribution in [0.15, 0.2) is 40.8 Å². The molecule has 7 atom stereocenters. The van der Waals surface area contributed by atoms with Crippen LogP contribution in [0.2, 0.25) is 0 Å². The summed E-state index contributed by atoms with van der Waals surface area (Å²) < 4.78 is 37.7. The summed E-state index contributed by atoms with van der Waals surface area (Å²) in [7, 11) is -3.78. The molecule has 3 saturated carbocycles. The number of fused-ring (bicyclic) bond motifs is 5. The lowest BCUT2D eigenvalue weighted by molar-refractivity contribution is -0.148. The molecule has 4 aliphatic rings. The molecule has 6 heteroatoms. The lowest BCUT2D eigenvalue weighted by Crippen LogP contribution is -2.51. The molecule has 5 nitrogen and oxygen atoms in total. The third-order valence-electron chi connectivity index (χ3n) is 9.86. The van der Waals surface area contributed by atoms with Crippen molar-refractivity contribution in [1.82, 2.24) is 0 Å². The number of carbonyl (C=O) groups is 1. The predicted octanol–water partition coefficient (Wildman–Crippen LogP) is 5.96. The molecule has 0 bridgehead atoms. The Morgan fingerprint density at radius 1 is 1.00 bits per heavy atom. The van der Waals surface area contributed by atoms with Crippen LogP contribution in [0.5, 0.6) is 0 Å². The lowest BCUT2D eigenvalue weighted by Gasteiger charge is -2.57. The van der Waals surface area contributed by atoms with E-state index in [9.17, 15) is 13.2 Å². The van der Waals surface area contributed by atoms with Crippen LogP contribution in [0.25, 0.3) is 0 Å². The Balaban J connectivity index is 1.35. The largest absolute Gasteiger partial charge is 0.462 e. The van der Waals surface area contributed by atoms with Crippen LogP contribution < -0.4 is 0 Å². The smallest absolute Gasteiger partial charge is 0.302 e.